The third-order valence-electron chi connectivity index (χ3n) is 1.96. The minimum Gasteiger partial charge on any atom is -0.294 e. The first-order valence-corrected chi connectivity index (χ1v) is 5.69. The lowest BCUT2D eigenvalue weighted by Gasteiger charge is -1.95. The molecule has 1 aromatic carbocycles. The lowest BCUT2D eigenvalue weighted by atomic mass is 10.1. The van der Waals surface area contributed by atoms with Gasteiger partial charge in [0.05, 0.1) is 0 Å². The summed E-state index contributed by atoms with van der Waals surface area (Å²) in [6, 6.07) is 9.86. The standard InChI is InChI=1S/C13H14O.C2H6/c1-3-13(14)11(2)9-10-12-7-5-4-6-8-12;1-2/h4-10H,2-3H2,1H3;1-2H3/b10-9+;. The van der Waals surface area contributed by atoms with Crippen molar-refractivity contribution in [3.63, 3.8) is 0 Å². The smallest absolute Gasteiger partial charge is 0.162 e. The maximum Gasteiger partial charge on any atom is 0.162 e. The first-order valence-electron chi connectivity index (χ1n) is 5.69. The average Bonchev–Trinajstić information content (AvgIpc) is 2.38. The van der Waals surface area contributed by atoms with E-state index >= 15 is 0 Å². The Hall–Kier alpha value is -1.63. The van der Waals surface area contributed by atoms with Crippen molar-refractivity contribution in [3.8, 4) is 0 Å². The lowest BCUT2D eigenvalue weighted by molar-refractivity contribution is -0.114. The highest BCUT2D eigenvalue weighted by molar-refractivity contribution is 5.98. The zero-order chi connectivity index (χ0) is 12.4. The SMILES string of the molecule is C=C(/C=C/c1ccccc1)C(=O)CC.CC. The van der Waals surface area contributed by atoms with E-state index in [1.807, 2.05) is 57.2 Å². The second-order valence-electron chi connectivity index (χ2n) is 3.05. The maximum atomic E-state index is 11.2. The number of allylic oxidation sites excluding steroid dienone is 2. The Balaban J connectivity index is 0.00000106. The van der Waals surface area contributed by atoms with Gasteiger partial charge in [0, 0.05) is 12.0 Å². The summed E-state index contributed by atoms with van der Waals surface area (Å²) in [4.78, 5) is 11.2. The van der Waals surface area contributed by atoms with Crippen molar-refractivity contribution < 1.29 is 4.79 Å². The first-order chi connectivity index (χ1) is 7.74. The molecule has 0 aliphatic carbocycles. The molecule has 0 aliphatic rings. The van der Waals surface area contributed by atoms with E-state index in [9.17, 15) is 4.79 Å². The van der Waals surface area contributed by atoms with E-state index in [2.05, 4.69) is 6.58 Å². The van der Waals surface area contributed by atoms with Crippen LogP contribution in [0.5, 0.6) is 0 Å². The van der Waals surface area contributed by atoms with Crippen molar-refractivity contribution >= 4 is 11.9 Å². The molecule has 0 bridgehead atoms. The zero-order valence-corrected chi connectivity index (χ0v) is 10.4. The van der Waals surface area contributed by atoms with E-state index in [1.54, 1.807) is 6.08 Å². The molecule has 0 unspecified atom stereocenters. The van der Waals surface area contributed by atoms with Gasteiger partial charge in [-0.15, -0.1) is 0 Å². The van der Waals surface area contributed by atoms with E-state index in [4.69, 9.17) is 0 Å². The molecule has 0 fully saturated rings. The third kappa shape index (κ3) is 5.30. The Kier molecular flexibility index (Phi) is 7.78. The molecule has 0 atom stereocenters. The number of rotatable bonds is 4. The maximum absolute atomic E-state index is 11.2. The van der Waals surface area contributed by atoms with Crippen LogP contribution in [0.3, 0.4) is 0 Å². The summed E-state index contributed by atoms with van der Waals surface area (Å²) < 4.78 is 0. The first kappa shape index (κ1) is 14.4. The van der Waals surface area contributed by atoms with E-state index in [0.717, 1.165) is 5.56 Å². The molecule has 0 N–H and O–H groups in total. The highest BCUT2D eigenvalue weighted by Crippen LogP contribution is 2.05. The van der Waals surface area contributed by atoms with Gasteiger partial charge in [-0.3, -0.25) is 4.79 Å². The molecule has 0 saturated carbocycles. The lowest BCUT2D eigenvalue weighted by Crippen LogP contribution is -1.95. The Bertz CT molecular complexity index is 347. The average molecular weight is 216 g/mol. The molecule has 0 spiro atoms. The predicted octanol–water partition coefficient (Wildman–Crippen LogP) is 4.26. The van der Waals surface area contributed by atoms with Crippen LogP contribution in [0.2, 0.25) is 0 Å². The number of hydrogen-bond acceptors (Lipinski definition) is 1. The molecule has 1 heteroatoms. The third-order valence-corrected chi connectivity index (χ3v) is 1.96. The summed E-state index contributed by atoms with van der Waals surface area (Å²) in [5.41, 5.74) is 1.65. The van der Waals surface area contributed by atoms with Crippen LogP contribution in [0.25, 0.3) is 6.08 Å². The number of benzene rings is 1. The van der Waals surface area contributed by atoms with Crippen molar-refractivity contribution in [3.05, 3.63) is 54.1 Å². The second kappa shape index (κ2) is 8.66. The van der Waals surface area contributed by atoms with Gasteiger partial charge in [0.25, 0.3) is 0 Å². The highest BCUT2D eigenvalue weighted by atomic mass is 16.1. The van der Waals surface area contributed by atoms with Gasteiger partial charge in [-0.2, -0.15) is 0 Å². The Morgan fingerprint density at radius 3 is 2.31 bits per heavy atom. The number of hydrogen-bond donors (Lipinski definition) is 0. The summed E-state index contributed by atoms with van der Waals surface area (Å²) in [6.45, 7) is 9.54. The van der Waals surface area contributed by atoms with Gasteiger partial charge in [0.2, 0.25) is 0 Å². The number of Topliss-reactive ketones (excluding diaryl/α,β-unsaturated/α-hetero) is 1. The molecule has 0 radical (unpaired) electrons. The Morgan fingerprint density at radius 2 is 1.81 bits per heavy atom. The molecule has 16 heavy (non-hydrogen) atoms. The second-order valence-corrected chi connectivity index (χ2v) is 3.05. The molecule has 1 nitrogen and oxygen atoms in total. The number of carbonyl (C=O) groups is 1. The number of ketones is 1. The van der Waals surface area contributed by atoms with Crippen LogP contribution in [-0.4, -0.2) is 5.78 Å². The van der Waals surface area contributed by atoms with Gasteiger partial charge >= 0.3 is 0 Å². The van der Waals surface area contributed by atoms with Crippen molar-refractivity contribution in [2.45, 2.75) is 27.2 Å². The summed E-state index contributed by atoms with van der Waals surface area (Å²) in [5, 5.41) is 0. The van der Waals surface area contributed by atoms with Crippen LogP contribution in [0.1, 0.15) is 32.8 Å². The number of carbonyl (C=O) groups excluding carboxylic acids is 1. The Labute approximate surface area is 98.5 Å². The van der Waals surface area contributed by atoms with Crippen molar-refractivity contribution in [1.82, 2.24) is 0 Å². The fourth-order valence-electron chi connectivity index (χ4n) is 1.08. The van der Waals surface area contributed by atoms with Gasteiger partial charge < -0.3 is 0 Å². The van der Waals surface area contributed by atoms with Crippen molar-refractivity contribution in [2.75, 3.05) is 0 Å². The highest BCUT2D eigenvalue weighted by Gasteiger charge is 1.98. The minimum absolute atomic E-state index is 0.0946. The van der Waals surface area contributed by atoms with Crippen LogP contribution in [-0.2, 0) is 4.79 Å². The van der Waals surface area contributed by atoms with Gasteiger partial charge in [0.15, 0.2) is 5.78 Å². The topological polar surface area (TPSA) is 17.1 Å². The molecule has 86 valence electrons. The quantitative estimate of drug-likeness (QED) is 0.543. The summed E-state index contributed by atoms with van der Waals surface area (Å²) in [5.74, 6) is 0.0946. The van der Waals surface area contributed by atoms with Crippen LogP contribution in [0, 0.1) is 0 Å². The minimum atomic E-state index is 0.0946. The van der Waals surface area contributed by atoms with Gasteiger partial charge in [-0.1, -0.05) is 69.8 Å². The monoisotopic (exact) mass is 216 g/mol. The van der Waals surface area contributed by atoms with Crippen LogP contribution < -0.4 is 0 Å². The van der Waals surface area contributed by atoms with E-state index in [0.29, 0.717) is 12.0 Å². The molecule has 1 rings (SSSR count). The van der Waals surface area contributed by atoms with Crippen molar-refractivity contribution in [2.24, 2.45) is 0 Å². The molecule has 0 saturated heterocycles. The van der Waals surface area contributed by atoms with Gasteiger partial charge in [-0.25, -0.2) is 0 Å². The molecule has 0 aliphatic heterocycles. The van der Waals surface area contributed by atoms with Gasteiger partial charge in [0.1, 0.15) is 0 Å². The van der Waals surface area contributed by atoms with Crippen LogP contribution in [0.15, 0.2) is 48.6 Å². The fraction of sp³-hybridized carbons (Fsp3) is 0.267. The molecule has 1 aromatic rings. The molecular weight excluding hydrogens is 196 g/mol. The molecule has 0 aromatic heterocycles. The van der Waals surface area contributed by atoms with E-state index in [-0.39, 0.29) is 5.78 Å². The molecule has 0 amide bonds. The van der Waals surface area contributed by atoms with E-state index < -0.39 is 0 Å². The van der Waals surface area contributed by atoms with E-state index in [1.165, 1.54) is 0 Å². The Morgan fingerprint density at radius 1 is 1.25 bits per heavy atom. The zero-order valence-electron chi connectivity index (χ0n) is 10.4. The molecule has 0 heterocycles. The summed E-state index contributed by atoms with van der Waals surface area (Å²) >= 11 is 0. The summed E-state index contributed by atoms with van der Waals surface area (Å²) in [6.07, 6.45) is 4.18. The van der Waals surface area contributed by atoms with Crippen LogP contribution >= 0.6 is 0 Å². The predicted molar refractivity (Wildman–Crippen MR) is 71.3 cm³/mol. The molecular formula is C15H20O. The van der Waals surface area contributed by atoms with Gasteiger partial charge in [-0.05, 0) is 5.56 Å². The largest absolute Gasteiger partial charge is 0.294 e. The van der Waals surface area contributed by atoms with Crippen molar-refractivity contribution in [1.29, 1.82) is 0 Å². The normalized spacial score (nSPS) is 9.44. The van der Waals surface area contributed by atoms with Crippen LogP contribution in [0.4, 0.5) is 0 Å². The fourth-order valence-corrected chi connectivity index (χ4v) is 1.08. The summed E-state index contributed by atoms with van der Waals surface area (Å²) in [7, 11) is 0.